The Morgan fingerprint density at radius 2 is 1.77 bits per heavy atom. The summed E-state index contributed by atoms with van der Waals surface area (Å²) in [6, 6.07) is 14.4. The quantitative estimate of drug-likeness (QED) is 0.642. The molecule has 2 aromatic carbocycles. The molecule has 1 N–H and O–H groups in total. The van der Waals surface area contributed by atoms with Crippen molar-refractivity contribution >= 4 is 32.6 Å². The van der Waals surface area contributed by atoms with Gasteiger partial charge in [-0.2, -0.15) is 0 Å². The van der Waals surface area contributed by atoms with E-state index in [0.29, 0.717) is 6.54 Å². The van der Waals surface area contributed by atoms with Crippen molar-refractivity contribution in [2.75, 3.05) is 44.2 Å². The van der Waals surface area contributed by atoms with E-state index in [4.69, 9.17) is 4.98 Å². The maximum absolute atomic E-state index is 12.4. The second-order valence-corrected chi connectivity index (χ2v) is 10.4. The van der Waals surface area contributed by atoms with Gasteiger partial charge in [-0.25, -0.2) is 4.98 Å². The summed E-state index contributed by atoms with van der Waals surface area (Å²) in [6.07, 6.45) is 0. The van der Waals surface area contributed by atoms with Crippen molar-refractivity contribution in [1.82, 2.24) is 15.2 Å². The standard InChI is InChI=1S/C25H32N4OS/c1-18-5-10-21-22(17-18)31-24(27-21)29-15-13-28(14-16-29)12-11-26-23(30)19-6-8-20(9-7-19)25(2,3)4/h5-10,17H,11-16H2,1-4H3,(H,26,30). The van der Waals surface area contributed by atoms with E-state index in [1.807, 2.05) is 12.1 Å². The molecule has 1 amide bonds. The molecule has 1 saturated heterocycles. The summed E-state index contributed by atoms with van der Waals surface area (Å²) in [5.74, 6) is 0.00358. The first-order valence-corrected chi connectivity index (χ1v) is 11.8. The molecule has 3 aromatic rings. The lowest BCUT2D eigenvalue weighted by Gasteiger charge is -2.34. The lowest BCUT2D eigenvalue weighted by molar-refractivity contribution is 0.0947. The van der Waals surface area contributed by atoms with Gasteiger partial charge >= 0.3 is 0 Å². The number of nitrogens with zero attached hydrogens (tertiary/aromatic N) is 3. The smallest absolute Gasteiger partial charge is 0.251 e. The summed E-state index contributed by atoms with van der Waals surface area (Å²) in [5.41, 5.74) is 4.43. The Morgan fingerprint density at radius 1 is 1.06 bits per heavy atom. The third-order valence-electron chi connectivity index (χ3n) is 5.90. The van der Waals surface area contributed by atoms with Crippen molar-refractivity contribution in [2.24, 2.45) is 0 Å². The first-order valence-electron chi connectivity index (χ1n) is 11.0. The predicted molar refractivity (Wildman–Crippen MR) is 130 cm³/mol. The number of piperazine rings is 1. The Morgan fingerprint density at radius 3 is 2.45 bits per heavy atom. The molecule has 1 aliphatic rings. The fraction of sp³-hybridized carbons (Fsp3) is 0.440. The fourth-order valence-electron chi connectivity index (χ4n) is 3.87. The van der Waals surface area contributed by atoms with E-state index < -0.39 is 0 Å². The van der Waals surface area contributed by atoms with E-state index in [1.54, 1.807) is 11.3 Å². The van der Waals surface area contributed by atoms with Crippen LogP contribution >= 0.6 is 11.3 Å². The molecule has 0 bridgehead atoms. The van der Waals surface area contributed by atoms with Gasteiger partial charge in [0, 0.05) is 44.8 Å². The van der Waals surface area contributed by atoms with Crippen LogP contribution in [0.15, 0.2) is 42.5 Å². The van der Waals surface area contributed by atoms with Crippen LogP contribution in [0.3, 0.4) is 0 Å². The number of fused-ring (bicyclic) bond motifs is 1. The number of rotatable bonds is 5. The van der Waals surface area contributed by atoms with Crippen molar-refractivity contribution in [3.63, 3.8) is 0 Å². The van der Waals surface area contributed by atoms with Gasteiger partial charge < -0.3 is 10.2 Å². The SMILES string of the molecule is Cc1ccc2nc(N3CCN(CCNC(=O)c4ccc(C(C)(C)C)cc4)CC3)sc2c1. The summed E-state index contributed by atoms with van der Waals surface area (Å²) in [7, 11) is 0. The lowest BCUT2D eigenvalue weighted by Crippen LogP contribution is -2.48. The van der Waals surface area contributed by atoms with Gasteiger partial charge in [0.25, 0.3) is 5.91 Å². The van der Waals surface area contributed by atoms with E-state index >= 15 is 0 Å². The molecule has 1 aliphatic heterocycles. The maximum atomic E-state index is 12.4. The van der Waals surface area contributed by atoms with E-state index in [0.717, 1.165) is 48.9 Å². The third-order valence-corrected chi connectivity index (χ3v) is 6.98. The number of anilines is 1. The van der Waals surface area contributed by atoms with Crippen LogP contribution in [0.25, 0.3) is 10.2 Å². The van der Waals surface area contributed by atoms with Gasteiger partial charge in [-0.15, -0.1) is 0 Å². The van der Waals surface area contributed by atoms with Gasteiger partial charge in [0.15, 0.2) is 5.13 Å². The monoisotopic (exact) mass is 436 g/mol. The van der Waals surface area contributed by atoms with Crippen LogP contribution in [-0.4, -0.2) is 55.1 Å². The first-order chi connectivity index (χ1) is 14.8. The van der Waals surface area contributed by atoms with Crippen molar-refractivity contribution < 1.29 is 4.79 Å². The number of carbonyl (C=O) groups is 1. The highest BCUT2D eigenvalue weighted by Gasteiger charge is 2.20. The topological polar surface area (TPSA) is 48.5 Å². The molecule has 5 nitrogen and oxygen atoms in total. The maximum Gasteiger partial charge on any atom is 0.251 e. The Labute approximate surface area is 189 Å². The minimum Gasteiger partial charge on any atom is -0.351 e. The van der Waals surface area contributed by atoms with Crippen LogP contribution in [0, 0.1) is 6.92 Å². The van der Waals surface area contributed by atoms with Gasteiger partial charge in [0.1, 0.15) is 0 Å². The predicted octanol–water partition coefficient (Wildman–Crippen LogP) is 4.45. The second-order valence-electron chi connectivity index (χ2n) is 9.38. The van der Waals surface area contributed by atoms with Crippen molar-refractivity contribution in [1.29, 1.82) is 0 Å². The molecule has 0 saturated carbocycles. The first kappa shape index (κ1) is 21.8. The fourth-order valence-corrected chi connectivity index (χ4v) is 4.98. The zero-order chi connectivity index (χ0) is 22.0. The highest BCUT2D eigenvalue weighted by Crippen LogP contribution is 2.30. The number of nitrogens with one attached hydrogen (secondary N) is 1. The van der Waals surface area contributed by atoms with Crippen LogP contribution in [0.5, 0.6) is 0 Å². The zero-order valence-corrected chi connectivity index (χ0v) is 19.8. The molecular weight excluding hydrogens is 404 g/mol. The Bertz CT molecular complexity index is 1040. The third kappa shape index (κ3) is 5.25. The molecule has 0 aliphatic carbocycles. The minimum atomic E-state index is 0.00358. The number of hydrogen-bond acceptors (Lipinski definition) is 5. The molecule has 0 unspecified atom stereocenters. The van der Waals surface area contributed by atoms with Gasteiger partial charge in [-0.3, -0.25) is 9.69 Å². The van der Waals surface area contributed by atoms with Gasteiger partial charge in [-0.1, -0.05) is 50.3 Å². The lowest BCUT2D eigenvalue weighted by atomic mass is 9.87. The molecule has 1 aromatic heterocycles. The number of amides is 1. The molecule has 0 atom stereocenters. The van der Waals surface area contributed by atoms with Crippen molar-refractivity contribution in [3.8, 4) is 0 Å². The van der Waals surface area contributed by atoms with Crippen LogP contribution in [0.1, 0.15) is 42.3 Å². The summed E-state index contributed by atoms with van der Waals surface area (Å²) in [6.45, 7) is 14.1. The van der Waals surface area contributed by atoms with Crippen LogP contribution in [0.4, 0.5) is 5.13 Å². The van der Waals surface area contributed by atoms with Crippen molar-refractivity contribution in [2.45, 2.75) is 33.1 Å². The molecule has 0 spiro atoms. The molecular formula is C25H32N4OS. The van der Waals surface area contributed by atoms with Crippen LogP contribution in [-0.2, 0) is 5.41 Å². The number of thiazole rings is 1. The molecule has 31 heavy (non-hydrogen) atoms. The number of aryl methyl sites for hydroxylation is 1. The number of carbonyl (C=O) groups excluding carboxylic acids is 1. The van der Waals surface area contributed by atoms with Crippen molar-refractivity contribution in [3.05, 3.63) is 59.2 Å². The summed E-state index contributed by atoms with van der Waals surface area (Å²) in [5, 5.41) is 4.18. The Balaban J connectivity index is 1.23. The zero-order valence-electron chi connectivity index (χ0n) is 18.9. The summed E-state index contributed by atoms with van der Waals surface area (Å²) >= 11 is 1.78. The number of hydrogen-bond donors (Lipinski definition) is 1. The Hall–Kier alpha value is -2.44. The van der Waals surface area contributed by atoms with E-state index in [2.05, 4.69) is 73.1 Å². The highest BCUT2D eigenvalue weighted by atomic mass is 32.1. The average molecular weight is 437 g/mol. The Kier molecular flexibility index (Phi) is 6.30. The molecule has 0 radical (unpaired) electrons. The molecule has 4 rings (SSSR count). The van der Waals surface area contributed by atoms with Gasteiger partial charge in [-0.05, 0) is 47.7 Å². The number of aromatic nitrogens is 1. The van der Waals surface area contributed by atoms with Gasteiger partial charge in [0.2, 0.25) is 0 Å². The molecule has 164 valence electrons. The largest absolute Gasteiger partial charge is 0.351 e. The van der Waals surface area contributed by atoms with Crippen LogP contribution in [0.2, 0.25) is 0 Å². The minimum absolute atomic E-state index is 0.00358. The average Bonchev–Trinajstić information content (AvgIpc) is 3.17. The van der Waals surface area contributed by atoms with E-state index in [1.165, 1.54) is 15.8 Å². The molecule has 6 heteroatoms. The molecule has 1 fully saturated rings. The highest BCUT2D eigenvalue weighted by molar-refractivity contribution is 7.22. The summed E-state index contributed by atoms with van der Waals surface area (Å²) < 4.78 is 1.26. The van der Waals surface area contributed by atoms with Crippen LogP contribution < -0.4 is 10.2 Å². The molecule has 2 heterocycles. The number of benzene rings is 2. The van der Waals surface area contributed by atoms with Gasteiger partial charge in [0.05, 0.1) is 10.2 Å². The van der Waals surface area contributed by atoms with E-state index in [9.17, 15) is 4.79 Å². The second kappa shape index (κ2) is 8.97. The summed E-state index contributed by atoms with van der Waals surface area (Å²) in [4.78, 5) is 22.1. The normalized spacial score (nSPS) is 15.4. The van der Waals surface area contributed by atoms with E-state index in [-0.39, 0.29) is 11.3 Å².